The molecular weight excluding hydrogens is 204 g/mol. The van der Waals surface area contributed by atoms with Gasteiger partial charge in [-0.25, -0.2) is 0 Å². The molecule has 1 aromatic heterocycles. The van der Waals surface area contributed by atoms with Gasteiger partial charge in [0.05, 0.1) is 0 Å². The molecule has 16 heavy (non-hydrogen) atoms. The third-order valence-corrected chi connectivity index (χ3v) is 2.87. The molecule has 2 atom stereocenters. The minimum atomic E-state index is -0.980. The maximum atomic E-state index is 10.8. The second kappa shape index (κ2) is 3.98. The Morgan fingerprint density at radius 2 is 2.12 bits per heavy atom. The van der Waals surface area contributed by atoms with Crippen LogP contribution in [-0.2, 0) is 4.79 Å². The van der Waals surface area contributed by atoms with E-state index in [1.54, 1.807) is 0 Å². The zero-order valence-corrected chi connectivity index (χ0v) is 8.97. The second-order valence-electron chi connectivity index (χ2n) is 3.96. The van der Waals surface area contributed by atoms with Crippen LogP contribution in [0.25, 0.3) is 10.9 Å². The number of para-hydroxylation sites is 1. The van der Waals surface area contributed by atoms with Gasteiger partial charge in [-0.2, -0.15) is 0 Å². The number of hydrogen-bond acceptors (Lipinski definition) is 2. The molecule has 0 spiro atoms. The van der Waals surface area contributed by atoms with E-state index in [-0.39, 0.29) is 5.92 Å². The zero-order chi connectivity index (χ0) is 11.7. The molecule has 84 valence electrons. The van der Waals surface area contributed by atoms with Crippen molar-refractivity contribution in [3.8, 4) is 0 Å². The summed E-state index contributed by atoms with van der Waals surface area (Å²) >= 11 is 0. The number of carbonyl (C=O) groups is 1. The molecule has 0 aliphatic heterocycles. The predicted molar refractivity (Wildman–Crippen MR) is 62.3 cm³/mol. The van der Waals surface area contributed by atoms with E-state index in [1.807, 2.05) is 37.3 Å². The second-order valence-corrected chi connectivity index (χ2v) is 3.96. The van der Waals surface area contributed by atoms with Crippen molar-refractivity contribution >= 4 is 16.9 Å². The Kier molecular flexibility index (Phi) is 2.66. The van der Waals surface area contributed by atoms with Gasteiger partial charge in [-0.15, -0.1) is 0 Å². The van der Waals surface area contributed by atoms with Crippen LogP contribution in [0.3, 0.4) is 0 Å². The maximum absolute atomic E-state index is 10.8. The Balaban J connectivity index is 2.36. The van der Waals surface area contributed by atoms with Gasteiger partial charge >= 0.3 is 5.97 Å². The fourth-order valence-electron chi connectivity index (χ4n) is 1.75. The monoisotopic (exact) mass is 218 g/mol. The quantitative estimate of drug-likeness (QED) is 0.733. The smallest absolute Gasteiger partial charge is 0.321 e. The fraction of sp³-hybridized carbons (Fsp3) is 0.250. The molecule has 0 bridgehead atoms. The van der Waals surface area contributed by atoms with Crippen molar-refractivity contribution in [2.24, 2.45) is 5.73 Å². The first-order valence-electron chi connectivity index (χ1n) is 5.15. The molecule has 1 heterocycles. The van der Waals surface area contributed by atoms with E-state index in [9.17, 15) is 4.79 Å². The van der Waals surface area contributed by atoms with Gasteiger partial charge in [-0.05, 0) is 17.5 Å². The molecule has 0 aliphatic carbocycles. The van der Waals surface area contributed by atoms with Gasteiger partial charge in [0.15, 0.2) is 0 Å². The van der Waals surface area contributed by atoms with Crippen LogP contribution in [-0.4, -0.2) is 22.1 Å². The highest BCUT2D eigenvalue weighted by molar-refractivity contribution is 5.81. The molecule has 0 saturated heterocycles. The molecule has 1 aromatic carbocycles. The summed E-state index contributed by atoms with van der Waals surface area (Å²) in [6.45, 7) is 1.81. The average Bonchev–Trinajstić information content (AvgIpc) is 2.70. The van der Waals surface area contributed by atoms with E-state index in [0.717, 1.165) is 16.6 Å². The topological polar surface area (TPSA) is 79.1 Å². The number of nitrogens with two attached hydrogens (primary N) is 1. The number of fused-ring (bicyclic) bond motifs is 1. The minimum absolute atomic E-state index is 0.232. The van der Waals surface area contributed by atoms with Crippen molar-refractivity contribution in [3.63, 3.8) is 0 Å². The van der Waals surface area contributed by atoms with Crippen LogP contribution < -0.4 is 5.73 Å². The molecule has 4 N–H and O–H groups in total. The lowest BCUT2D eigenvalue weighted by molar-refractivity contribution is -0.139. The van der Waals surface area contributed by atoms with Crippen LogP contribution in [0.4, 0.5) is 0 Å². The van der Waals surface area contributed by atoms with Crippen molar-refractivity contribution in [1.29, 1.82) is 0 Å². The van der Waals surface area contributed by atoms with Crippen LogP contribution >= 0.6 is 0 Å². The van der Waals surface area contributed by atoms with E-state index in [2.05, 4.69) is 4.98 Å². The van der Waals surface area contributed by atoms with Gasteiger partial charge in [-0.1, -0.05) is 25.1 Å². The largest absolute Gasteiger partial charge is 0.480 e. The summed E-state index contributed by atoms with van der Waals surface area (Å²) in [7, 11) is 0. The number of hydrogen-bond donors (Lipinski definition) is 3. The SMILES string of the molecule is CC(c1cc2ccccc2[nH]1)C(N)C(=O)O. The lowest BCUT2D eigenvalue weighted by Crippen LogP contribution is -2.35. The number of carboxylic acid groups (broad SMARTS) is 1. The van der Waals surface area contributed by atoms with Crippen molar-refractivity contribution in [2.45, 2.75) is 18.9 Å². The van der Waals surface area contributed by atoms with E-state index in [4.69, 9.17) is 10.8 Å². The molecule has 0 saturated carbocycles. The molecule has 2 unspecified atom stereocenters. The first-order valence-corrected chi connectivity index (χ1v) is 5.15. The van der Waals surface area contributed by atoms with Crippen LogP contribution in [0.5, 0.6) is 0 Å². The molecular formula is C12H14N2O2. The molecule has 0 radical (unpaired) electrons. The molecule has 4 heteroatoms. The maximum Gasteiger partial charge on any atom is 0.321 e. The Morgan fingerprint density at radius 3 is 2.75 bits per heavy atom. The summed E-state index contributed by atoms with van der Waals surface area (Å²) in [5.41, 5.74) is 7.45. The van der Waals surface area contributed by atoms with Crippen LogP contribution in [0.1, 0.15) is 18.5 Å². The molecule has 2 aromatic rings. The molecule has 0 aliphatic rings. The first kappa shape index (κ1) is 10.7. The number of aromatic amines is 1. The van der Waals surface area contributed by atoms with Crippen molar-refractivity contribution < 1.29 is 9.90 Å². The van der Waals surface area contributed by atoms with Crippen molar-refractivity contribution in [2.75, 3.05) is 0 Å². The number of benzene rings is 1. The number of carboxylic acids is 1. The molecule has 4 nitrogen and oxygen atoms in total. The summed E-state index contributed by atoms with van der Waals surface area (Å²) in [6, 6.07) is 8.88. The number of rotatable bonds is 3. The normalized spacial score (nSPS) is 14.9. The van der Waals surface area contributed by atoms with Crippen molar-refractivity contribution in [1.82, 2.24) is 4.98 Å². The Hall–Kier alpha value is -1.81. The first-order chi connectivity index (χ1) is 7.59. The molecule has 2 rings (SSSR count). The van der Waals surface area contributed by atoms with E-state index in [0.29, 0.717) is 0 Å². The van der Waals surface area contributed by atoms with Crippen LogP contribution in [0, 0.1) is 0 Å². The number of H-pyrrole nitrogens is 1. The molecule has 0 fully saturated rings. The van der Waals surface area contributed by atoms with Crippen LogP contribution in [0.2, 0.25) is 0 Å². The highest BCUT2D eigenvalue weighted by atomic mass is 16.4. The third-order valence-electron chi connectivity index (χ3n) is 2.87. The highest BCUT2D eigenvalue weighted by Crippen LogP contribution is 2.22. The van der Waals surface area contributed by atoms with Gasteiger partial charge < -0.3 is 15.8 Å². The van der Waals surface area contributed by atoms with Gasteiger partial charge in [-0.3, -0.25) is 4.79 Å². The predicted octanol–water partition coefficient (Wildman–Crippen LogP) is 1.68. The van der Waals surface area contributed by atoms with Gasteiger partial charge in [0.1, 0.15) is 6.04 Å². The Labute approximate surface area is 93.1 Å². The lowest BCUT2D eigenvalue weighted by Gasteiger charge is -2.13. The fourth-order valence-corrected chi connectivity index (χ4v) is 1.75. The van der Waals surface area contributed by atoms with Gasteiger partial charge in [0, 0.05) is 17.1 Å². The standard InChI is InChI=1S/C12H14N2O2/c1-7(11(13)12(15)16)10-6-8-4-2-3-5-9(8)14-10/h2-7,11,14H,13H2,1H3,(H,15,16). The van der Waals surface area contributed by atoms with Crippen molar-refractivity contribution in [3.05, 3.63) is 36.0 Å². The van der Waals surface area contributed by atoms with Gasteiger partial charge in [0.25, 0.3) is 0 Å². The summed E-state index contributed by atoms with van der Waals surface area (Å²) in [6.07, 6.45) is 0. The summed E-state index contributed by atoms with van der Waals surface area (Å²) in [4.78, 5) is 14.0. The minimum Gasteiger partial charge on any atom is -0.480 e. The lowest BCUT2D eigenvalue weighted by atomic mass is 9.99. The van der Waals surface area contributed by atoms with E-state index >= 15 is 0 Å². The summed E-state index contributed by atoms with van der Waals surface area (Å²) in [5.74, 6) is -1.21. The summed E-state index contributed by atoms with van der Waals surface area (Å²) in [5, 5.41) is 9.92. The Bertz CT molecular complexity index is 485. The number of aliphatic carboxylic acids is 1. The molecule has 0 amide bonds. The van der Waals surface area contributed by atoms with E-state index in [1.165, 1.54) is 0 Å². The van der Waals surface area contributed by atoms with E-state index < -0.39 is 12.0 Å². The third kappa shape index (κ3) is 1.79. The number of nitrogens with one attached hydrogen (secondary N) is 1. The summed E-state index contributed by atoms with van der Waals surface area (Å²) < 4.78 is 0. The van der Waals surface area contributed by atoms with Crippen LogP contribution in [0.15, 0.2) is 30.3 Å². The zero-order valence-electron chi connectivity index (χ0n) is 8.97. The average molecular weight is 218 g/mol. The number of aromatic nitrogens is 1. The Morgan fingerprint density at radius 1 is 1.44 bits per heavy atom. The van der Waals surface area contributed by atoms with Gasteiger partial charge in [0.2, 0.25) is 0 Å². The highest BCUT2D eigenvalue weighted by Gasteiger charge is 2.22.